The van der Waals surface area contributed by atoms with E-state index in [1.165, 1.54) is 0 Å². The van der Waals surface area contributed by atoms with Crippen molar-refractivity contribution in [2.45, 2.75) is 18.7 Å². The van der Waals surface area contributed by atoms with Crippen LogP contribution in [0.1, 0.15) is 11.1 Å². The van der Waals surface area contributed by atoms with Crippen LogP contribution in [0, 0.1) is 13.8 Å². The van der Waals surface area contributed by atoms with Gasteiger partial charge in [0.25, 0.3) is 0 Å². The Bertz CT molecular complexity index is 375. The van der Waals surface area contributed by atoms with E-state index in [1.807, 2.05) is 6.07 Å². The van der Waals surface area contributed by atoms with Crippen LogP contribution in [-0.4, -0.2) is 8.42 Å². The Labute approximate surface area is 79.7 Å². The molecule has 0 aliphatic rings. The molecule has 0 fully saturated rings. The zero-order chi connectivity index (χ0) is 9.35. The Kier molecular flexibility index (Phi) is 2.58. The molecule has 0 atom stereocenters. The predicted molar refractivity (Wildman–Crippen MR) is 52.0 cm³/mol. The summed E-state index contributed by atoms with van der Waals surface area (Å²) in [4.78, 5) is 0.380. The molecule has 0 aliphatic carbocycles. The molecule has 0 aromatic heterocycles. The lowest BCUT2D eigenvalue weighted by Gasteiger charge is -2.04. The van der Waals surface area contributed by atoms with Crippen molar-refractivity contribution in [2.75, 3.05) is 0 Å². The predicted octanol–water partition coefficient (Wildman–Crippen LogP) is 2.39. The number of benzene rings is 1. The third-order valence-corrected chi connectivity index (χ3v) is 3.76. The molecule has 2 nitrogen and oxygen atoms in total. The van der Waals surface area contributed by atoms with E-state index in [2.05, 4.69) is 14.8 Å². The standard InChI is InChI=1S/C8H9BrO2S/c1-6-4-3-5-7(2)8(6)12(9,10)11/h3-5H,1-2H3. The molecule has 0 N–H and O–H groups in total. The van der Waals surface area contributed by atoms with Crippen molar-refractivity contribution in [3.63, 3.8) is 0 Å². The fourth-order valence-electron chi connectivity index (χ4n) is 1.18. The van der Waals surface area contributed by atoms with E-state index in [0.717, 1.165) is 11.1 Å². The lowest BCUT2D eigenvalue weighted by atomic mass is 10.2. The van der Waals surface area contributed by atoms with Crippen LogP contribution >= 0.6 is 14.8 Å². The number of aryl methyl sites for hydroxylation is 2. The molecule has 1 rings (SSSR count). The topological polar surface area (TPSA) is 34.1 Å². The highest BCUT2D eigenvalue weighted by molar-refractivity contribution is 9.47. The molecule has 12 heavy (non-hydrogen) atoms. The monoisotopic (exact) mass is 248 g/mol. The van der Waals surface area contributed by atoms with Crippen LogP contribution in [0.15, 0.2) is 23.1 Å². The van der Waals surface area contributed by atoms with Gasteiger partial charge in [-0.15, -0.1) is 0 Å². The first kappa shape index (κ1) is 9.74. The maximum atomic E-state index is 11.2. The molecule has 1 aromatic rings. The Hall–Kier alpha value is -0.350. The van der Waals surface area contributed by atoms with E-state index in [4.69, 9.17) is 0 Å². The highest BCUT2D eigenvalue weighted by atomic mass is 79.9. The third kappa shape index (κ3) is 1.87. The van der Waals surface area contributed by atoms with Gasteiger partial charge in [-0.3, -0.25) is 0 Å². The van der Waals surface area contributed by atoms with Gasteiger partial charge in [0.2, 0.25) is 8.27 Å². The Morgan fingerprint density at radius 3 is 1.83 bits per heavy atom. The summed E-state index contributed by atoms with van der Waals surface area (Å²) in [6, 6.07) is 5.40. The highest BCUT2D eigenvalue weighted by Gasteiger charge is 2.14. The van der Waals surface area contributed by atoms with Crippen LogP contribution < -0.4 is 0 Å². The van der Waals surface area contributed by atoms with E-state index >= 15 is 0 Å². The smallest absolute Gasteiger partial charge is 0.212 e. The SMILES string of the molecule is Cc1cccc(C)c1S(=O)(=O)Br. The minimum atomic E-state index is -3.25. The van der Waals surface area contributed by atoms with Gasteiger partial charge in [-0.2, -0.15) is 0 Å². The van der Waals surface area contributed by atoms with E-state index in [-0.39, 0.29) is 0 Å². The zero-order valence-corrected chi connectivity index (χ0v) is 9.24. The zero-order valence-electron chi connectivity index (χ0n) is 6.83. The summed E-state index contributed by atoms with van der Waals surface area (Å²) in [5.41, 5.74) is 1.54. The summed E-state index contributed by atoms with van der Waals surface area (Å²) in [5.74, 6) is 0. The largest absolute Gasteiger partial charge is 0.238 e. The molecule has 0 bridgehead atoms. The average Bonchev–Trinajstić information content (AvgIpc) is 1.82. The van der Waals surface area contributed by atoms with Crippen molar-refractivity contribution in [3.8, 4) is 0 Å². The number of halogens is 1. The van der Waals surface area contributed by atoms with E-state index in [1.54, 1.807) is 26.0 Å². The van der Waals surface area contributed by atoms with Gasteiger partial charge in [-0.25, -0.2) is 8.42 Å². The van der Waals surface area contributed by atoms with Crippen molar-refractivity contribution in [1.82, 2.24) is 0 Å². The molecule has 0 amide bonds. The Morgan fingerprint density at radius 1 is 1.17 bits per heavy atom. The van der Waals surface area contributed by atoms with Crippen molar-refractivity contribution in [1.29, 1.82) is 0 Å². The van der Waals surface area contributed by atoms with E-state index < -0.39 is 8.27 Å². The van der Waals surface area contributed by atoms with Gasteiger partial charge in [0.05, 0.1) is 19.7 Å². The van der Waals surface area contributed by atoms with Crippen LogP contribution in [0.3, 0.4) is 0 Å². The summed E-state index contributed by atoms with van der Waals surface area (Å²) < 4.78 is 22.4. The van der Waals surface area contributed by atoms with Crippen LogP contribution in [0.25, 0.3) is 0 Å². The van der Waals surface area contributed by atoms with Crippen LogP contribution in [-0.2, 0) is 8.27 Å². The van der Waals surface area contributed by atoms with Crippen molar-refractivity contribution in [2.24, 2.45) is 0 Å². The maximum Gasteiger partial charge on any atom is 0.238 e. The third-order valence-electron chi connectivity index (χ3n) is 1.65. The molecule has 66 valence electrons. The molecule has 0 unspecified atom stereocenters. The fourth-order valence-corrected chi connectivity index (χ4v) is 3.62. The number of hydrogen-bond donors (Lipinski definition) is 0. The van der Waals surface area contributed by atoms with Crippen LogP contribution in [0.4, 0.5) is 0 Å². The second kappa shape index (κ2) is 3.18. The number of rotatable bonds is 1. The van der Waals surface area contributed by atoms with Gasteiger partial charge in [0.15, 0.2) is 0 Å². The van der Waals surface area contributed by atoms with Crippen LogP contribution in [0.5, 0.6) is 0 Å². The lowest BCUT2D eigenvalue weighted by molar-refractivity contribution is 0.610. The quantitative estimate of drug-likeness (QED) is 0.716. The summed E-state index contributed by atoms with van der Waals surface area (Å²) in [7, 11) is -3.25. The van der Waals surface area contributed by atoms with Crippen molar-refractivity contribution >= 4 is 23.1 Å². The van der Waals surface area contributed by atoms with Gasteiger partial charge in [0.1, 0.15) is 0 Å². The fraction of sp³-hybridized carbons (Fsp3) is 0.250. The maximum absolute atomic E-state index is 11.2. The molecular weight excluding hydrogens is 240 g/mol. The summed E-state index contributed by atoms with van der Waals surface area (Å²) in [6.07, 6.45) is 0. The molecule has 0 saturated carbocycles. The highest BCUT2D eigenvalue weighted by Crippen LogP contribution is 2.24. The first-order valence-corrected chi connectivity index (χ1v) is 6.76. The molecular formula is C8H9BrO2S. The van der Waals surface area contributed by atoms with E-state index in [9.17, 15) is 8.42 Å². The second-order valence-electron chi connectivity index (χ2n) is 2.66. The van der Waals surface area contributed by atoms with E-state index in [0.29, 0.717) is 4.90 Å². The normalized spacial score (nSPS) is 11.6. The summed E-state index contributed by atoms with van der Waals surface area (Å²) >= 11 is 2.66. The number of hydrogen-bond acceptors (Lipinski definition) is 2. The first-order valence-electron chi connectivity index (χ1n) is 3.44. The molecule has 1 aromatic carbocycles. The van der Waals surface area contributed by atoms with Crippen molar-refractivity contribution < 1.29 is 8.42 Å². The molecule has 0 aliphatic heterocycles. The van der Waals surface area contributed by atoms with Crippen LogP contribution in [0.2, 0.25) is 0 Å². The Morgan fingerprint density at radius 2 is 1.58 bits per heavy atom. The van der Waals surface area contributed by atoms with Crippen molar-refractivity contribution in [3.05, 3.63) is 29.3 Å². The molecule has 0 radical (unpaired) electrons. The second-order valence-corrected chi connectivity index (χ2v) is 6.50. The molecule has 0 spiro atoms. The minimum Gasteiger partial charge on any atom is -0.212 e. The Balaban J connectivity index is 3.53. The molecule has 0 saturated heterocycles. The first-order chi connectivity index (χ1) is 5.43. The lowest BCUT2D eigenvalue weighted by Crippen LogP contribution is -1.96. The van der Waals surface area contributed by atoms with Gasteiger partial charge in [0, 0.05) is 0 Å². The summed E-state index contributed by atoms with van der Waals surface area (Å²) in [6.45, 7) is 3.56. The van der Waals surface area contributed by atoms with Gasteiger partial charge in [-0.1, -0.05) is 18.2 Å². The minimum absolute atomic E-state index is 0.380. The van der Waals surface area contributed by atoms with Gasteiger partial charge in [-0.05, 0) is 25.0 Å². The average molecular weight is 249 g/mol. The molecule has 4 heteroatoms. The summed E-state index contributed by atoms with van der Waals surface area (Å²) in [5, 5.41) is 0. The van der Waals surface area contributed by atoms with Gasteiger partial charge < -0.3 is 0 Å². The van der Waals surface area contributed by atoms with Gasteiger partial charge >= 0.3 is 0 Å². The molecule has 0 heterocycles.